The highest BCUT2D eigenvalue weighted by Crippen LogP contribution is 2.22. The number of H-pyrrole nitrogens is 1. The minimum atomic E-state index is 0.639. The Hall–Kier alpha value is -1.61. The van der Waals surface area contributed by atoms with Gasteiger partial charge in [0.05, 0.1) is 5.69 Å². The molecule has 0 unspecified atom stereocenters. The van der Waals surface area contributed by atoms with Crippen LogP contribution in [0, 0.1) is 13.8 Å². The smallest absolute Gasteiger partial charge is 0.103 e. The van der Waals surface area contributed by atoms with Gasteiger partial charge in [-0.15, -0.1) is 0 Å². The molecule has 2 rings (SSSR count). The van der Waals surface area contributed by atoms with Crippen molar-refractivity contribution in [2.24, 2.45) is 5.73 Å². The SMILES string of the molecule is Cc1ccc(-c2nc(C)[nH]c2CCN)cc1. The van der Waals surface area contributed by atoms with E-state index >= 15 is 0 Å². The number of nitrogens with one attached hydrogen (secondary N) is 1. The summed E-state index contributed by atoms with van der Waals surface area (Å²) in [7, 11) is 0. The number of hydrogen-bond donors (Lipinski definition) is 2. The Morgan fingerprint density at radius 3 is 2.50 bits per heavy atom. The second-order valence-electron chi connectivity index (χ2n) is 4.05. The molecule has 0 bridgehead atoms. The molecule has 3 nitrogen and oxygen atoms in total. The van der Waals surface area contributed by atoms with Gasteiger partial charge in [0.1, 0.15) is 5.82 Å². The van der Waals surface area contributed by atoms with Crippen LogP contribution in [0.5, 0.6) is 0 Å². The first kappa shape index (κ1) is 10.9. The summed E-state index contributed by atoms with van der Waals surface area (Å²) in [5, 5.41) is 0. The zero-order chi connectivity index (χ0) is 11.5. The lowest BCUT2D eigenvalue weighted by Gasteiger charge is -2.01. The molecular weight excluding hydrogens is 198 g/mol. The lowest BCUT2D eigenvalue weighted by atomic mass is 10.1. The van der Waals surface area contributed by atoms with Crippen molar-refractivity contribution in [1.29, 1.82) is 0 Å². The Balaban J connectivity index is 2.42. The molecule has 0 atom stereocenters. The number of benzene rings is 1. The number of nitrogens with two attached hydrogens (primary N) is 1. The van der Waals surface area contributed by atoms with Gasteiger partial charge in [-0.3, -0.25) is 0 Å². The minimum Gasteiger partial charge on any atom is -0.346 e. The van der Waals surface area contributed by atoms with Gasteiger partial charge in [-0.2, -0.15) is 0 Å². The minimum absolute atomic E-state index is 0.639. The molecule has 0 aliphatic rings. The normalized spacial score (nSPS) is 10.7. The van der Waals surface area contributed by atoms with E-state index in [-0.39, 0.29) is 0 Å². The van der Waals surface area contributed by atoms with E-state index in [0.717, 1.165) is 29.2 Å². The molecule has 16 heavy (non-hydrogen) atoms. The molecule has 0 aliphatic carbocycles. The standard InChI is InChI=1S/C13H17N3/c1-9-3-5-11(6-4-9)13-12(7-8-14)15-10(2)16-13/h3-6H,7-8,14H2,1-2H3,(H,15,16). The van der Waals surface area contributed by atoms with E-state index in [2.05, 4.69) is 41.2 Å². The largest absolute Gasteiger partial charge is 0.346 e. The Labute approximate surface area is 95.7 Å². The number of aromatic nitrogens is 2. The molecule has 1 aromatic heterocycles. The molecule has 3 heteroatoms. The van der Waals surface area contributed by atoms with Gasteiger partial charge in [-0.25, -0.2) is 4.98 Å². The summed E-state index contributed by atoms with van der Waals surface area (Å²) >= 11 is 0. The van der Waals surface area contributed by atoms with Crippen molar-refractivity contribution in [3.8, 4) is 11.3 Å². The van der Waals surface area contributed by atoms with Crippen LogP contribution in [0.15, 0.2) is 24.3 Å². The van der Waals surface area contributed by atoms with Crippen molar-refractivity contribution >= 4 is 0 Å². The molecule has 84 valence electrons. The van der Waals surface area contributed by atoms with E-state index in [4.69, 9.17) is 5.73 Å². The molecule has 0 spiro atoms. The maximum absolute atomic E-state index is 5.59. The third-order valence-electron chi connectivity index (χ3n) is 2.62. The molecule has 0 radical (unpaired) electrons. The van der Waals surface area contributed by atoms with E-state index < -0.39 is 0 Å². The van der Waals surface area contributed by atoms with Gasteiger partial charge < -0.3 is 10.7 Å². The van der Waals surface area contributed by atoms with Gasteiger partial charge in [-0.1, -0.05) is 29.8 Å². The van der Waals surface area contributed by atoms with Crippen molar-refractivity contribution in [2.45, 2.75) is 20.3 Å². The van der Waals surface area contributed by atoms with Crippen LogP contribution in [-0.2, 0) is 6.42 Å². The number of aromatic amines is 1. The Bertz CT molecular complexity index is 468. The van der Waals surface area contributed by atoms with Crippen molar-refractivity contribution in [2.75, 3.05) is 6.54 Å². The number of rotatable bonds is 3. The molecule has 2 aromatic rings. The highest BCUT2D eigenvalue weighted by Gasteiger charge is 2.09. The first-order chi connectivity index (χ1) is 7.70. The third kappa shape index (κ3) is 2.14. The van der Waals surface area contributed by atoms with Crippen molar-refractivity contribution in [1.82, 2.24) is 9.97 Å². The van der Waals surface area contributed by atoms with Crippen LogP contribution in [0.25, 0.3) is 11.3 Å². The van der Waals surface area contributed by atoms with E-state index in [1.807, 2.05) is 6.92 Å². The average molecular weight is 215 g/mol. The Kier molecular flexibility index (Phi) is 3.06. The Morgan fingerprint density at radius 2 is 1.88 bits per heavy atom. The molecule has 1 aromatic carbocycles. The van der Waals surface area contributed by atoms with Crippen LogP contribution in [0.1, 0.15) is 17.1 Å². The predicted octanol–water partition coefficient (Wildman–Crippen LogP) is 2.19. The quantitative estimate of drug-likeness (QED) is 0.824. The summed E-state index contributed by atoms with van der Waals surface area (Å²) in [6, 6.07) is 8.41. The highest BCUT2D eigenvalue weighted by atomic mass is 14.9. The molecule has 0 aliphatic heterocycles. The molecule has 0 saturated heterocycles. The van der Waals surface area contributed by atoms with Gasteiger partial charge in [0.15, 0.2) is 0 Å². The third-order valence-corrected chi connectivity index (χ3v) is 2.62. The number of imidazole rings is 1. The fraction of sp³-hybridized carbons (Fsp3) is 0.308. The molecule has 1 heterocycles. The summed E-state index contributed by atoms with van der Waals surface area (Å²) in [5.74, 6) is 0.944. The van der Waals surface area contributed by atoms with Crippen molar-refractivity contribution in [3.05, 3.63) is 41.3 Å². The van der Waals surface area contributed by atoms with Crippen LogP contribution in [0.4, 0.5) is 0 Å². The topological polar surface area (TPSA) is 54.7 Å². The fourth-order valence-electron chi connectivity index (χ4n) is 1.82. The summed E-state index contributed by atoms with van der Waals surface area (Å²) in [4.78, 5) is 7.79. The van der Waals surface area contributed by atoms with E-state index in [1.165, 1.54) is 5.56 Å². The average Bonchev–Trinajstić information content (AvgIpc) is 2.61. The maximum Gasteiger partial charge on any atom is 0.103 e. The lowest BCUT2D eigenvalue weighted by molar-refractivity contribution is 0.930. The van der Waals surface area contributed by atoms with Crippen molar-refractivity contribution in [3.63, 3.8) is 0 Å². The zero-order valence-corrected chi connectivity index (χ0v) is 9.75. The Morgan fingerprint density at radius 1 is 1.19 bits per heavy atom. The monoisotopic (exact) mass is 215 g/mol. The molecule has 3 N–H and O–H groups in total. The molecule has 0 saturated carbocycles. The van der Waals surface area contributed by atoms with E-state index in [9.17, 15) is 0 Å². The second kappa shape index (κ2) is 4.49. The number of aryl methyl sites for hydroxylation is 2. The van der Waals surface area contributed by atoms with Crippen LogP contribution in [0.2, 0.25) is 0 Å². The molecule has 0 amide bonds. The van der Waals surface area contributed by atoms with Gasteiger partial charge >= 0.3 is 0 Å². The van der Waals surface area contributed by atoms with E-state index in [1.54, 1.807) is 0 Å². The molecular formula is C13H17N3. The number of nitrogens with zero attached hydrogens (tertiary/aromatic N) is 1. The highest BCUT2D eigenvalue weighted by molar-refractivity contribution is 5.62. The molecule has 0 fully saturated rings. The first-order valence-corrected chi connectivity index (χ1v) is 5.53. The predicted molar refractivity (Wildman–Crippen MR) is 66.3 cm³/mol. The first-order valence-electron chi connectivity index (χ1n) is 5.53. The fourth-order valence-corrected chi connectivity index (χ4v) is 1.82. The van der Waals surface area contributed by atoms with Gasteiger partial charge in [0.2, 0.25) is 0 Å². The van der Waals surface area contributed by atoms with Gasteiger partial charge in [0.25, 0.3) is 0 Å². The van der Waals surface area contributed by atoms with Crippen LogP contribution in [0.3, 0.4) is 0 Å². The van der Waals surface area contributed by atoms with Gasteiger partial charge in [0, 0.05) is 17.7 Å². The summed E-state index contributed by atoms with van der Waals surface area (Å²) in [6.07, 6.45) is 0.837. The summed E-state index contributed by atoms with van der Waals surface area (Å²) < 4.78 is 0. The number of hydrogen-bond acceptors (Lipinski definition) is 2. The summed E-state index contributed by atoms with van der Waals surface area (Å²) in [5.41, 5.74) is 10.2. The van der Waals surface area contributed by atoms with Crippen LogP contribution < -0.4 is 5.73 Å². The van der Waals surface area contributed by atoms with Crippen LogP contribution in [-0.4, -0.2) is 16.5 Å². The zero-order valence-electron chi connectivity index (χ0n) is 9.75. The van der Waals surface area contributed by atoms with Crippen molar-refractivity contribution < 1.29 is 0 Å². The van der Waals surface area contributed by atoms with Crippen LogP contribution >= 0.6 is 0 Å². The maximum atomic E-state index is 5.59. The van der Waals surface area contributed by atoms with Gasteiger partial charge in [-0.05, 0) is 20.4 Å². The lowest BCUT2D eigenvalue weighted by Crippen LogP contribution is -2.04. The summed E-state index contributed by atoms with van der Waals surface area (Å²) in [6.45, 7) is 4.69. The van der Waals surface area contributed by atoms with E-state index in [0.29, 0.717) is 6.54 Å². The second-order valence-corrected chi connectivity index (χ2v) is 4.05.